The van der Waals surface area contributed by atoms with Crippen molar-refractivity contribution in [2.24, 2.45) is 0 Å². The fourth-order valence-electron chi connectivity index (χ4n) is 1.41. The van der Waals surface area contributed by atoms with Gasteiger partial charge >= 0.3 is 0 Å². The number of ether oxygens (including phenoxy) is 1. The summed E-state index contributed by atoms with van der Waals surface area (Å²) in [5.74, 6) is 2.15. The molecular formula is C11H14BrClO3S2. The van der Waals surface area contributed by atoms with Gasteiger partial charge in [-0.3, -0.25) is 0 Å². The predicted octanol–water partition coefficient (Wildman–Crippen LogP) is 3.82. The molecule has 1 aromatic carbocycles. The molecule has 0 radical (unpaired) electrons. The molecular weight excluding hydrogens is 360 g/mol. The lowest BCUT2D eigenvalue weighted by atomic mass is 10.2. The lowest BCUT2D eigenvalue weighted by Crippen LogP contribution is -2.06. The Morgan fingerprint density at radius 1 is 1.44 bits per heavy atom. The largest absolute Gasteiger partial charge is 0.491 e. The van der Waals surface area contributed by atoms with Crippen LogP contribution in [0.1, 0.15) is 12.5 Å². The molecule has 0 amide bonds. The van der Waals surface area contributed by atoms with Crippen molar-refractivity contribution in [3.05, 3.63) is 22.2 Å². The first kappa shape index (κ1) is 16.1. The minimum Gasteiger partial charge on any atom is -0.491 e. The molecule has 0 aromatic heterocycles. The van der Waals surface area contributed by atoms with Crippen molar-refractivity contribution in [3.8, 4) is 5.75 Å². The fourth-order valence-corrected chi connectivity index (χ4v) is 3.68. The number of hydrogen-bond acceptors (Lipinski definition) is 4. The normalized spacial score (nSPS) is 11.6. The van der Waals surface area contributed by atoms with Crippen molar-refractivity contribution in [2.45, 2.75) is 18.7 Å². The van der Waals surface area contributed by atoms with Crippen LogP contribution in [-0.4, -0.2) is 26.5 Å². The van der Waals surface area contributed by atoms with E-state index in [0.29, 0.717) is 16.8 Å². The molecule has 102 valence electrons. The van der Waals surface area contributed by atoms with Gasteiger partial charge in [-0.1, -0.05) is 22.9 Å². The van der Waals surface area contributed by atoms with Gasteiger partial charge in [-0.15, -0.1) is 0 Å². The number of rotatable bonds is 6. The molecule has 0 N–H and O–H groups in total. The summed E-state index contributed by atoms with van der Waals surface area (Å²) >= 11 is 4.98. The van der Waals surface area contributed by atoms with Gasteiger partial charge in [0.05, 0.1) is 6.61 Å². The molecule has 0 spiro atoms. The summed E-state index contributed by atoms with van der Waals surface area (Å²) in [6, 6.07) is 3.26. The van der Waals surface area contributed by atoms with E-state index >= 15 is 0 Å². The topological polar surface area (TPSA) is 43.4 Å². The lowest BCUT2D eigenvalue weighted by Gasteiger charge is -2.12. The first-order chi connectivity index (χ1) is 8.36. The van der Waals surface area contributed by atoms with Gasteiger partial charge in [0.25, 0.3) is 9.05 Å². The number of halogens is 2. The van der Waals surface area contributed by atoms with Crippen molar-refractivity contribution in [2.75, 3.05) is 18.1 Å². The van der Waals surface area contributed by atoms with Crippen molar-refractivity contribution in [1.29, 1.82) is 0 Å². The van der Waals surface area contributed by atoms with E-state index in [1.807, 2.05) is 0 Å². The van der Waals surface area contributed by atoms with Crippen LogP contribution in [0.2, 0.25) is 0 Å². The summed E-state index contributed by atoms with van der Waals surface area (Å²) in [6.07, 6.45) is 0. The van der Waals surface area contributed by atoms with Gasteiger partial charge in [-0.05, 0) is 30.4 Å². The first-order valence-corrected chi connectivity index (χ1v) is 9.57. The van der Waals surface area contributed by atoms with E-state index in [9.17, 15) is 8.42 Å². The highest BCUT2D eigenvalue weighted by Crippen LogP contribution is 2.33. The van der Waals surface area contributed by atoms with Gasteiger partial charge < -0.3 is 4.74 Å². The van der Waals surface area contributed by atoms with Gasteiger partial charge in [-0.2, -0.15) is 11.8 Å². The van der Waals surface area contributed by atoms with E-state index in [4.69, 9.17) is 15.4 Å². The molecule has 0 aliphatic carbocycles. The molecule has 1 rings (SSSR count). The summed E-state index contributed by atoms with van der Waals surface area (Å²) in [4.78, 5) is 0.0116. The average molecular weight is 374 g/mol. The monoisotopic (exact) mass is 372 g/mol. The summed E-state index contributed by atoms with van der Waals surface area (Å²) in [6.45, 7) is 4.31. The Balaban J connectivity index is 3.02. The molecule has 1 aromatic rings. The van der Waals surface area contributed by atoms with E-state index in [0.717, 1.165) is 17.1 Å². The zero-order chi connectivity index (χ0) is 13.8. The summed E-state index contributed by atoms with van der Waals surface area (Å²) in [5, 5.41) is 0. The van der Waals surface area contributed by atoms with Crippen LogP contribution < -0.4 is 4.74 Å². The molecule has 7 heteroatoms. The molecule has 0 atom stereocenters. The van der Waals surface area contributed by atoms with Gasteiger partial charge in [0.1, 0.15) is 10.6 Å². The second-order valence-electron chi connectivity index (χ2n) is 3.53. The third-order valence-electron chi connectivity index (χ3n) is 2.15. The molecule has 0 saturated heterocycles. The highest BCUT2D eigenvalue weighted by Gasteiger charge is 2.19. The minimum atomic E-state index is -3.81. The van der Waals surface area contributed by atoms with E-state index in [2.05, 4.69) is 22.9 Å². The molecule has 0 fully saturated rings. The average Bonchev–Trinajstić information content (AvgIpc) is 2.24. The molecule has 0 heterocycles. The molecule has 3 nitrogen and oxygen atoms in total. The molecule has 0 aliphatic heterocycles. The van der Waals surface area contributed by atoms with Gasteiger partial charge in [0.15, 0.2) is 0 Å². The highest BCUT2D eigenvalue weighted by atomic mass is 79.9. The Hall–Kier alpha value is 0.0900. The van der Waals surface area contributed by atoms with E-state index < -0.39 is 9.05 Å². The maximum Gasteiger partial charge on any atom is 0.265 e. The molecule has 0 bridgehead atoms. The smallest absolute Gasteiger partial charge is 0.265 e. The van der Waals surface area contributed by atoms with Gasteiger partial charge in [0.2, 0.25) is 0 Å². The van der Waals surface area contributed by atoms with Crippen LogP contribution in [-0.2, 0) is 9.05 Å². The fraction of sp³-hybridized carbons (Fsp3) is 0.455. The third-order valence-corrected chi connectivity index (χ3v) is 4.79. The molecule has 0 saturated carbocycles. The standard InChI is InChI=1S/C11H14BrClO3S2/c1-3-17-5-4-16-11-8(2)6-9(12)7-10(11)18(13,14)15/h6-7H,3-5H2,1-2H3. The summed E-state index contributed by atoms with van der Waals surface area (Å²) < 4.78 is 29.2. The number of thioether (sulfide) groups is 1. The van der Waals surface area contributed by atoms with Crippen LogP contribution >= 0.6 is 38.4 Å². The molecule has 0 unspecified atom stereocenters. The first-order valence-electron chi connectivity index (χ1n) is 5.31. The SMILES string of the molecule is CCSCCOc1c(C)cc(Br)cc1S(=O)(=O)Cl. The van der Waals surface area contributed by atoms with Crippen molar-refractivity contribution >= 4 is 47.4 Å². The van der Waals surface area contributed by atoms with Crippen LogP contribution in [0, 0.1) is 6.92 Å². The van der Waals surface area contributed by atoms with Gasteiger partial charge in [0, 0.05) is 20.9 Å². The molecule has 18 heavy (non-hydrogen) atoms. The van der Waals surface area contributed by atoms with E-state index in [1.54, 1.807) is 24.8 Å². The summed E-state index contributed by atoms with van der Waals surface area (Å²) in [5.41, 5.74) is 0.741. The van der Waals surface area contributed by atoms with Crippen LogP contribution in [0.5, 0.6) is 5.75 Å². The maximum absolute atomic E-state index is 11.5. The second-order valence-corrected chi connectivity index (χ2v) is 8.38. The Morgan fingerprint density at radius 3 is 2.67 bits per heavy atom. The predicted molar refractivity (Wildman–Crippen MR) is 80.4 cm³/mol. The zero-order valence-electron chi connectivity index (χ0n) is 10.1. The Labute approximate surface area is 125 Å². The maximum atomic E-state index is 11.5. The minimum absolute atomic E-state index is 0.0116. The zero-order valence-corrected chi connectivity index (χ0v) is 14.0. The van der Waals surface area contributed by atoms with Crippen molar-refractivity contribution in [1.82, 2.24) is 0 Å². The third kappa shape index (κ3) is 4.64. The van der Waals surface area contributed by atoms with Gasteiger partial charge in [-0.25, -0.2) is 8.42 Å². The number of hydrogen-bond donors (Lipinski definition) is 0. The quantitative estimate of drug-likeness (QED) is 0.561. The highest BCUT2D eigenvalue weighted by molar-refractivity contribution is 9.10. The Morgan fingerprint density at radius 2 is 2.11 bits per heavy atom. The Bertz CT molecular complexity index is 517. The van der Waals surface area contributed by atoms with Crippen molar-refractivity contribution < 1.29 is 13.2 Å². The van der Waals surface area contributed by atoms with E-state index in [-0.39, 0.29) is 4.90 Å². The lowest BCUT2D eigenvalue weighted by molar-refractivity contribution is 0.332. The number of aryl methyl sites for hydroxylation is 1. The van der Waals surface area contributed by atoms with Crippen LogP contribution in [0.25, 0.3) is 0 Å². The van der Waals surface area contributed by atoms with Crippen LogP contribution in [0.3, 0.4) is 0 Å². The van der Waals surface area contributed by atoms with E-state index in [1.165, 1.54) is 6.07 Å². The second kappa shape index (κ2) is 7.03. The van der Waals surface area contributed by atoms with Crippen molar-refractivity contribution in [3.63, 3.8) is 0 Å². The van der Waals surface area contributed by atoms with Crippen LogP contribution in [0.4, 0.5) is 0 Å². The molecule has 0 aliphatic rings. The number of benzene rings is 1. The Kier molecular flexibility index (Phi) is 6.30. The summed E-state index contributed by atoms with van der Waals surface area (Å²) in [7, 11) is 1.60. The van der Waals surface area contributed by atoms with Crippen LogP contribution in [0.15, 0.2) is 21.5 Å².